The topological polar surface area (TPSA) is 26.0 Å². The predicted molar refractivity (Wildman–Crippen MR) is 53.3 cm³/mol. The summed E-state index contributed by atoms with van der Waals surface area (Å²) in [4.78, 5) is 0. The number of nitrogens with two attached hydrogens (primary N) is 1. The van der Waals surface area contributed by atoms with Crippen LogP contribution in [0, 0.1) is 17.5 Å². The van der Waals surface area contributed by atoms with Gasteiger partial charge in [0.15, 0.2) is 11.6 Å². The Morgan fingerprint density at radius 1 is 1.13 bits per heavy atom. The molecule has 15 heavy (non-hydrogen) atoms. The normalized spacial score (nSPS) is 10.7. The lowest BCUT2D eigenvalue weighted by atomic mass is 10.1. The molecule has 84 valence electrons. The molecular formula is C10H11ClF3N. The summed E-state index contributed by atoms with van der Waals surface area (Å²) in [6.07, 6.45) is 1.63. The molecule has 0 radical (unpaired) electrons. The molecule has 0 heterocycles. The van der Waals surface area contributed by atoms with E-state index in [1.54, 1.807) is 0 Å². The summed E-state index contributed by atoms with van der Waals surface area (Å²) >= 11 is 5.29. The molecule has 0 aromatic heterocycles. The number of aryl methyl sites for hydroxylation is 1. The van der Waals surface area contributed by atoms with E-state index in [1.807, 2.05) is 0 Å². The number of halogens is 4. The van der Waals surface area contributed by atoms with Crippen LogP contribution in [0.15, 0.2) is 6.07 Å². The zero-order valence-corrected chi connectivity index (χ0v) is 8.75. The van der Waals surface area contributed by atoms with Crippen molar-refractivity contribution in [3.05, 3.63) is 34.1 Å². The fourth-order valence-electron chi connectivity index (χ4n) is 1.26. The molecule has 0 amide bonds. The van der Waals surface area contributed by atoms with E-state index in [4.69, 9.17) is 17.3 Å². The van der Waals surface area contributed by atoms with Crippen LogP contribution in [-0.2, 0) is 6.42 Å². The molecule has 0 aliphatic rings. The van der Waals surface area contributed by atoms with E-state index in [2.05, 4.69) is 0 Å². The fourth-order valence-corrected chi connectivity index (χ4v) is 1.48. The molecule has 1 rings (SSSR count). The van der Waals surface area contributed by atoms with Crippen LogP contribution >= 0.6 is 11.6 Å². The molecule has 0 unspecified atom stereocenters. The van der Waals surface area contributed by atoms with Crippen molar-refractivity contribution in [2.24, 2.45) is 5.73 Å². The van der Waals surface area contributed by atoms with Crippen molar-refractivity contribution < 1.29 is 13.2 Å². The van der Waals surface area contributed by atoms with Crippen LogP contribution in [-0.4, -0.2) is 6.54 Å². The summed E-state index contributed by atoms with van der Waals surface area (Å²) in [5.41, 5.74) is 5.35. The third-order valence-electron chi connectivity index (χ3n) is 2.08. The minimum Gasteiger partial charge on any atom is -0.330 e. The Labute approximate surface area is 91.0 Å². The van der Waals surface area contributed by atoms with Gasteiger partial charge in [0.25, 0.3) is 0 Å². The van der Waals surface area contributed by atoms with Gasteiger partial charge in [0.05, 0.1) is 0 Å². The lowest BCUT2D eigenvalue weighted by Gasteiger charge is -2.06. The summed E-state index contributed by atoms with van der Waals surface area (Å²) < 4.78 is 39.0. The van der Waals surface area contributed by atoms with Crippen molar-refractivity contribution in [2.45, 2.75) is 19.3 Å². The van der Waals surface area contributed by atoms with Crippen molar-refractivity contribution in [2.75, 3.05) is 6.54 Å². The van der Waals surface area contributed by atoms with Gasteiger partial charge in [-0.15, -0.1) is 0 Å². The van der Waals surface area contributed by atoms with Crippen LogP contribution in [0.3, 0.4) is 0 Å². The van der Waals surface area contributed by atoms with Crippen molar-refractivity contribution in [1.29, 1.82) is 0 Å². The minimum atomic E-state index is -1.34. The van der Waals surface area contributed by atoms with Gasteiger partial charge in [0, 0.05) is 0 Å². The van der Waals surface area contributed by atoms with E-state index < -0.39 is 22.5 Å². The fraction of sp³-hybridized carbons (Fsp3) is 0.400. The average molecular weight is 238 g/mol. The number of hydrogen-bond acceptors (Lipinski definition) is 1. The smallest absolute Gasteiger partial charge is 0.180 e. The van der Waals surface area contributed by atoms with Crippen LogP contribution < -0.4 is 5.73 Å². The molecule has 1 aromatic rings. The lowest BCUT2D eigenvalue weighted by molar-refractivity contribution is 0.489. The monoisotopic (exact) mass is 237 g/mol. The first-order valence-electron chi connectivity index (χ1n) is 4.60. The highest BCUT2D eigenvalue weighted by Gasteiger charge is 2.16. The third-order valence-corrected chi connectivity index (χ3v) is 2.41. The first-order chi connectivity index (χ1) is 7.07. The van der Waals surface area contributed by atoms with Crippen LogP contribution in [0.2, 0.25) is 5.02 Å². The van der Waals surface area contributed by atoms with E-state index in [9.17, 15) is 13.2 Å². The quantitative estimate of drug-likeness (QED) is 0.486. The van der Waals surface area contributed by atoms with Gasteiger partial charge in [-0.2, -0.15) is 0 Å². The van der Waals surface area contributed by atoms with Gasteiger partial charge in [0.2, 0.25) is 0 Å². The Hall–Kier alpha value is -0.740. The number of benzene rings is 1. The second-order valence-electron chi connectivity index (χ2n) is 3.21. The van der Waals surface area contributed by atoms with Gasteiger partial charge in [-0.05, 0) is 37.4 Å². The zero-order valence-electron chi connectivity index (χ0n) is 7.99. The molecule has 1 aromatic carbocycles. The molecule has 0 saturated heterocycles. The summed E-state index contributed by atoms with van der Waals surface area (Å²) in [6.45, 7) is 0.485. The highest BCUT2D eigenvalue weighted by atomic mass is 35.5. The Morgan fingerprint density at radius 3 is 2.40 bits per heavy atom. The second-order valence-corrected chi connectivity index (χ2v) is 3.58. The highest BCUT2D eigenvalue weighted by molar-refractivity contribution is 6.31. The van der Waals surface area contributed by atoms with Gasteiger partial charge < -0.3 is 5.73 Å². The van der Waals surface area contributed by atoms with Crippen LogP contribution in [0.5, 0.6) is 0 Å². The number of unbranched alkanes of at least 4 members (excludes halogenated alkanes) is 1. The van der Waals surface area contributed by atoms with Gasteiger partial charge >= 0.3 is 0 Å². The first kappa shape index (κ1) is 12.3. The molecule has 0 fully saturated rings. The van der Waals surface area contributed by atoms with Crippen molar-refractivity contribution in [3.8, 4) is 0 Å². The standard InChI is InChI=1S/C10H11ClF3N/c11-8-9(13)6(3-1-2-4-15)5-7(12)10(8)14/h5H,1-4,15H2. The summed E-state index contributed by atoms with van der Waals surface area (Å²) in [7, 11) is 0. The highest BCUT2D eigenvalue weighted by Crippen LogP contribution is 2.25. The van der Waals surface area contributed by atoms with E-state index >= 15 is 0 Å². The molecule has 2 N–H and O–H groups in total. The maximum Gasteiger partial charge on any atom is 0.180 e. The van der Waals surface area contributed by atoms with E-state index in [0.29, 0.717) is 25.8 Å². The Bertz CT molecular complexity index is 355. The third kappa shape index (κ3) is 2.86. The summed E-state index contributed by atoms with van der Waals surface area (Å²) in [5.74, 6) is -3.34. The molecular weight excluding hydrogens is 227 g/mol. The molecule has 0 atom stereocenters. The number of rotatable bonds is 4. The maximum atomic E-state index is 13.3. The van der Waals surface area contributed by atoms with Crippen LogP contribution in [0.25, 0.3) is 0 Å². The van der Waals surface area contributed by atoms with E-state index in [1.165, 1.54) is 0 Å². The van der Waals surface area contributed by atoms with Gasteiger partial charge in [-0.1, -0.05) is 11.6 Å². The van der Waals surface area contributed by atoms with Crippen LogP contribution in [0.1, 0.15) is 18.4 Å². The van der Waals surface area contributed by atoms with Crippen molar-refractivity contribution in [1.82, 2.24) is 0 Å². The Morgan fingerprint density at radius 2 is 1.80 bits per heavy atom. The van der Waals surface area contributed by atoms with Gasteiger partial charge in [0.1, 0.15) is 10.8 Å². The summed E-state index contributed by atoms with van der Waals surface area (Å²) in [5, 5.41) is -0.780. The molecule has 0 bridgehead atoms. The van der Waals surface area contributed by atoms with Crippen molar-refractivity contribution in [3.63, 3.8) is 0 Å². The average Bonchev–Trinajstić information content (AvgIpc) is 2.23. The Kier molecular flexibility index (Phi) is 4.42. The van der Waals surface area contributed by atoms with E-state index in [0.717, 1.165) is 6.07 Å². The summed E-state index contributed by atoms with van der Waals surface area (Å²) in [6, 6.07) is 0.840. The second kappa shape index (κ2) is 5.37. The maximum absolute atomic E-state index is 13.3. The molecule has 0 spiro atoms. The largest absolute Gasteiger partial charge is 0.330 e. The predicted octanol–water partition coefficient (Wildman–Crippen LogP) is 3.04. The van der Waals surface area contributed by atoms with E-state index in [-0.39, 0.29) is 5.56 Å². The van der Waals surface area contributed by atoms with Crippen molar-refractivity contribution >= 4 is 11.6 Å². The molecule has 5 heteroatoms. The van der Waals surface area contributed by atoms with Gasteiger partial charge in [-0.3, -0.25) is 0 Å². The lowest BCUT2D eigenvalue weighted by Crippen LogP contribution is -2.02. The zero-order chi connectivity index (χ0) is 11.4. The first-order valence-corrected chi connectivity index (χ1v) is 4.97. The molecule has 0 saturated carbocycles. The van der Waals surface area contributed by atoms with Gasteiger partial charge in [-0.25, -0.2) is 13.2 Å². The molecule has 0 aliphatic heterocycles. The SMILES string of the molecule is NCCCCc1cc(F)c(F)c(Cl)c1F. The molecule has 0 aliphatic carbocycles. The minimum absolute atomic E-state index is 0.0901. The Balaban J connectivity index is 2.89. The van der Waals surface area contributed by atoms with Crippen LogP contribution in [0.4, 0.5) is 13.2 Å². The molecule has 1 nitrogen and oxygen atoms in total. The number of hydrogen-bond donors (Lipinski definition) is 1.